The monoisotopic (exact) mass is 548 g/mol. The maximum atomic E-state index is 4.68. The fraction of sp³-hybridized carbons (Fsp3) is 0.478. The zero-order valence-corrected chi connectivity index (χ0v) is 21.8. The zero-order chi connectivity index (χ0) is 22.0. The standard InChI is InChI=1S/C23H32N8.HI/c1-15(2)22-27-21-11-10-19(14-30(21)29-22)26-23(24-5)25-13-18-8-6-7-9-20(18)31-17(4)12-16(3)28-31;/h6-9,12,15,19H,10-11,13-14H2,1-5H3,(H2,24,25,26);1H. The molecule has 32 heavy (non-hydrogen) atoms. The van der Waals surface area contributed by atoms with Crippen molar-refractivity contribution in [3.8, 4) is 5.69 Å². The average molecular weight is 548 g/mol. The first-order chi connectivity index (χ1) is 14.9. The molecule has 1 aliphatic rings. The molecule has 2 aromatic heterocycles. The Morgan fingerprint density at radius 1 is 1.22 bits per heavy atom. The van der Waals surface area contributed by atoms with Crippen LogP contribution in [0.3, 0.4) is 0 Å². The molecule has 172 valence electrons. The van der Waals surface area contributed by atoms with Crippen molar-refractivity contribution in [1.29, 1.82) is 0 Å². The van der Waals surface area contributed by atoms with Crippen molar-refractivity contribution in [1.82, 2.24) is 35.2 Å². The molecule has 3 heterocycles. The number of aliphatic imine (C=N–C) groups is 1. The molecule has 1 aromatic carbocycles. The molecule has 4 rings (SSSR count). The molecule has 0 spiro atoms. The molecule has 0 aliphatic carbocycles. The van der Waals surface area contributed by atoms with Gasteiger partial charge in [0.15, 0.2) is 11.8 Å². The summed E-state index contributed by atoms with van der Waals surface area (Å²) < 4.78 is 4.05. The van der Waals surface area contributed by atoms with Gasteiger partial charge in [-0.3, -0.25) is 4.99 Å². The second-order valence-electron chi connectivity index (χ2n) is 8.50. The number of hydrogen-bond acceptors (Lipinski definition) is 4. The highest BCUT2D eigenvalue weighted by atomic mass is 127. The number of aryl methyl sites for hydroxylation is 3. The Bertz CT molecular complexity index is 1080. The second-order valence-corrected chi connectivity index (χ2v) is 8.50. The average Bonchev–Trinajstić information content (AvgIpc) is 3.33. The second kappa shape index (κ2) is 10.5. The summed E-state index contributed by atoms with van der Waals surface area (Å²) in [5.74, 6) is 3.16. The van der Waals surface area contributed by atoms with E-state index in [4.69, 9.17) is 0 Å². The van der Waals surface area contributed by atoms with Crippen LogP contribution in [0.1, 0.15) is 54.8 Å². The molecular weight excluding hydrogens is 515 g/mol. The fourth-order valence-corrected chi connectivity index (χ4v) is 4.00. The lowest BCUT2D eigenvalue weighted by molar-refractivity contribution is 0.391. The number of guanidine groups is 1. The number of para-hydroxylation sites is 1. The van der Waals surface area contributed by atoms with E-state index in [1.54, 1.807) is 0 Å². The summed E-state index contributed by atoms with van der Waals surface area (Å²) >= 11 is 0. The van der Waals surface area contributed by atoms with Gasteiger partial charge in [0.05, 0.1) is 17.9 Å². The summed E-state index contributed by atoms with van der Waals surface area (Å²) in [7, 11) is 1.81. The zero-order valence-electron chi connectivity index (χ0n) is 19.5. The van der Waals surface area contributed by atoms with E-state index >= 15 is 0 Å². The van der Waals surface area contributed by atoms with Crippen molar-refractivity contribution >= 4 is 29.9 Å². The van der Waals surface area contributed by atoms with E-state index in [9.17, 15) is 0 Å². The lowest BCUT2D eigenvalue weighted by atomic mass is 10.1. The molecule has 1 unspecified atom stereocenters. The van der Waals surface area contributed by atoms with Crippen LogP contribution in [-0.4, -0.2) is 43.6 Å². The van der Waals surface area contributed by atoms with Crippen LogP contribution in [0.5, 0.6) is 0 Å². The Balaban J connectivity index is 0.00000289. The third kappa shape index (κ3) is 5.31. The molecule has 0 amide bonds. The first kappa shape index (κ1) is 24.2. The molecule has 1 atom stereocenters. The number of hydrogen-bond donors (Lipinski definition) is 2. The molecule has 0 saturated heterocycles. The minimum Gasteiger partial charge on any atom is -0.352 e. The quantitative estimate of drug-likeness (QED) is 0.290. The van der Waals surface area contributed by atoms with Crippen LogP contribution in [0, 0.1) is 13.8 Å². The largest absolute Gasteiger partial charge is 0.352 e. The molecular formula is C23H33IN8. The Morgan fingerprint density at radius 2 is 2.00 bits per heavy atom. The molecule has 0 bridgehead atoms. The van der Waals surface area contributed by atoms with Gasteiger partial charge in [-0.15, -0.1) is 24.0 Å². The summed E-state index contributed by atoms with van der Waals surface area (Å²) in [4.78, 5) is 9.11. The Kier molecular flexibility index (Phi) is 7.91. The number of aromatic nitrogens is 5. The van der Waals surface area contributed by atoms with Crippen molar-refractivity contribution in [2.24, 2.45) is 4.99 Å². The van der Waals surface area contributed by atoms with E-state index in [1.165, 1.54) is 5.56 Å². The van der Waals surface area contributed by atoms with E-state index in [1.807, 2.05) is 29.4 Å². The molecule has 8 nitrogen and oxygen atoms in total. The van der Waals surface area contributed by atoms with Crippen LogP contribution >= 0.6 is 24.0 Å². The van der Waals surface area contributed by atoms with Gasteiger partial charge in [0.1, 0.15) is 5.82 Å². The van der Waals surface area contributed by atoms with Crippen LogP contribution < -0.4 is 10.6 Å². The number of benzene rings is 1. The van der Waals surface area contributed by atoms with Gasteiger partial charge < -0.3 is 10.6 Å². The van der Waals surface area contributed by atoms with Gasteiger partial charge in [0.25, 0.3) is 0 Å². The third-order valence-electron chi connectivity index (χ3n) is 5.63. The predicted octanol–water partition coefficient (Wildman–Crippen LogP) is 3.50. The van der Waals surface area contributed by atoms with Gasteiger partial charge in [-0.05, 0) is 38.0 Å². The van der Waals surface area contributed by atoms with Crippen LogP contribution in [-0.2, 0) is 19.5 Å². The smallest absolute Gasteiger partial charge is 0.191 e. The topological polar surface area (TPSA) is 84.9 Å². The van der Waals surface area contributed by atoms with E-state index in [-0.39, 0.29) is 30.0 Å². The van der Waals surface area contributed by atoms with E-state index in [0.29, 0.717) is 12.5 Å². The van der Waals surface area contributed by atoms with Crippen molar-refractivity contribution in [2.75, 3.05) is 7.05 Å². The predicted molar refractivity (Wildman–Crippen MR) is 138 cm³/mol. The highest BCUT2D eigenvalue weighted by molar-refractivity contribution is 14.0. The minimum absolute atomic E-state index is 0. The molecule has 3 aromatic rings. The van der Waals surface area contributed by atoms with Crippen LogP contribution in [0.2, 0.25) is 0 Å². The summed E-state index contributed by atoms with van der Waals surface area (Å²) in [5.41, 5.74) is 4.39. The first-order valence-corrected chi connectivity index (χ1v) is 11.0. The summed E-state index contributed by atoms with van der Waals surface area (Å²) in [6, 6.07) is 10.7. The lowest BCUT2D eigenvalue weighted by Crippen LogP contribution is -2.46. The van der Waals surface area contributed by atoms with Gasteiger partial charge >= 0.3 is 0 Å². The van der Waals surface area contributed by atoms with Gasteiger partial charge in [-0.2, -0.15) is 10.2 Å². The molecule has 9 heteroatoms. The van der Waals surface area contributed by atoms with Crippen LogP contribution in [0.15, 0.2) is 35.3 Å². The SMILES string of the molecule is CN=C(NCc1ccccc1-n1nc(C)cc1C)NC1CCc2nc(C(C)C)nn2C1.I. The van der Waals surface area contributed by atoms with E-state index < -0.39 is 0 Å². The van der Waals surface area contributed by atoms with Gasteiger partial charge in [-0.25, -0.2) is 14.3 Å². The fourth-order valence-electron chi connectivity index (χ4n) is 4.00. The molecule has 1 aliphatic heterocycles. The summed E-state index contributed by atoms with van der Waals surface area (Å²) in [5, 5.41) is 16.4. The van der Waals surface area contributed by atoms with Crippen molar-refractivity contribution < 1.29 is 0 Å². The Labute approximate surface area is 206 Å². The Morgan fingerprint density at radius 3 is 2.69 bits per heavy atom. The van der Waals surface area contributed by atoms with Crippen molar-refractivity contribution in [3.63, 3.8) is 0 Å². The van der Waals surface area contributed by atoms with Gasteiger partial charge in [0.2, 0.25) is 0 Å². The van der Waals surface area contributed by atoms with Crippen molar-refractivity contribution in [3.05, 3.63) is 58.9 Å². The Hall–Kier alpha value is -2.43. The minimum atomic E-state index is 0. The number of halogens is 1. The van der Waals surface area contributed by atoms with Gasteiger partial charge in [-0.1, -0.05) is 32.0 Å². The van der Waals surface area contributed by atoms with Crippen molar-refractivity contribution in [2.45, 2.75) is 65.6 Å². The molecule has 0 saturated carbocycles. The molecule has 2 N–H and O–H groups in total. The van der Waals surface area contributed by atoms with E-state index in [0.717, 1.165) is 54.1 Å². The first-order valence-electron chi connectivity index (χ1n) is 11.0. The highest BCUT2D eigenvalue weighted by Crippen LogP contribution is 2.18. The maximum Gasteiger partial charge on any atom is 0.191 e. The molecule has 0 fully saturated rings. The third-order valence-corrected chi connectivity index (χ3v) is 5.63. The summed E-state index contributed by atoms with van der Waals surface area (Å²) in [6.07, 6.45) is 1.94. The number of rotatable bonds is 5. The van der Waals surface area contributed by atoms with Crippen LogP contribution in [0.4, 0.5) is 0 Å². The number of nitrogens with zero attached hydrogens (tertiary/aromatic N) is 6. The van der Waals surface area contributed by atoms with E-state index in [2.05, 4.69) is 75.8 Å². The van der Waals surface area contributed by atoms with Crippen LogP contribution in [0.25, 0.3) is 5.69 Å². The maximum absolute atomic E-state index is 4.68. The normalized spacial score (nSPS) is 15.9. The lowest BCUT2D eigenvalue weighted by Gasteiger charge is -2.25. The number of fused-ring (bicyclic) bond motifs is 1. The highest BCUT2D eigenvalue weighted by Gasteiger charge is 2.23. The summed E-state index contributed by atoms with van der Waals surface area (Å²) in [6.45, 7) is 9.83. The van der Waals surface area contributed by atoms with Gasteiger partial charge in [0, 0.05) is 37.7 Å². The molecule has 0 radical (unpaired) electrons. The number of nitrogens with one attached hydrogen (secondary N) is 2.